The van der Waals surface area contributed by atoms with Crippen molar-refractivity contribution in [3.05, 3.63) is 64.7 Å². The summed E-state index contributed by atoms with van der Waals surface area (Å²) < 4.78 is 0. The number of nitrogens with one attached hydrogen (secondary N) is 1. The maximum atomic E-state index is 12.6. The summed E-state index contributed by atoms with van der Waals surface area (Å²) in [6.45, 7) is 5.14. The molecule has 0 atom stereocenters. The molecule has 2 aromatic rings. The zero-order valence-electron chi connectivity index (χ0n) is 15.0. The van der Waals surface area contributed by atoms with Crippen molar-refractivity contribution >= 4 is 40.9 Å². The van der Waals surface area contributed by atoms with Gasteiger partial charge in [-0.15, -0.1) is 11.8 Å². The summed E-state index contributed by atoms with van der Waals surface area (Å²) >= 11 is 7.47. The van der Waals surface area contributed by atoms with Gasteiger partial charge < -0.3 is 10.2 Å². The van der Waals surface area contributed by atoms with E-state index in [0.29, 0.717) is 40.9 Å². The predicted molar refractivity (Wildman–Crippen MR) is 110 cm³/mol. The van der Waals surface area contributed by atoms with Gasteiger partial charge in [-0.05, 0) is 43.7 Å². The van der Waals surface area contributed by atoms with Crippen LogP contribution in [0.1, 0.15) is 29.8 Å². The molecule has 0 heterocycles. The maximum Gasteiger partial charge on any atom is 0.255 e. The number of thioether (sulfide) groups is 1. The Labute approximate surface area is 163 Å². The lowest BCUT2D eigenvalue weighted by Gasteiger charge is -2.20. The average molecular weight is 391 g/mol. The van der Waals surface area contributed by atoms with Gasteiger partial charge >= 0.3 is 0 Å². The van der Waals surface area contributed by atoms with Crippen LogP contribution >= 0.6 is 23.4 Å². The molecule has 0 aliphatic carbocycles. The second kappa shape index (κ2) is 10.2. The van der Waals surface area contributed by atoms with Crippen LogP contribution in [0.25, 0.3) is 0 Å². The van der Waals surface area contributed by atoms with E-state index in [1.165, 1.54) is 11.8 Å². The summed E-state index contributed by atoms with van der Waals surface area (Å²) in [7, 11) is 0. The van der Waals surface area contributed by atoms with E-state index >= 15 is 0 Å². The molecule has 4 nitrogen and oxygen atoms in total. The summed E-state index contributed by atoms with van der Waals surface area (Å²) in [5.74, 6) is 0.809. The van der Waals surface area contributed by atoms with Crippen molar-refractivity contribution in [3.63, 3.8) is 0 Å². The molecular weight excluding hydrogens is 368 g/mol. The second-order valence-electron chi connectivity index (χ2n) is 5.69. The molecule has 138 valence electrons. The van der Waals surface area contributed by atoms with Crippen LogP contribution in [-0.4, -0.2) is 35.6 Å². The van der Waals surface area contributed by atoms with E-state index in [1.54, 1.807) is 23.1 Å². The van der Waals surface area contributed by atoms with Gasteiger partial charge in [0.05, 0.1) is 17.0 Å². The predicted octanol–water partition coefficient (Wildman–Crippen LogP) is 4.69. The van der Waals surface area contributed by atoms with E-state index in [0.717, 1.165) is 5.56 Å². The molecule has 2 aromatic carbocycles. The Morgan fingerprint density at radius 2 is 1.81 bits per heavy atom. The number of carbonyl (C=O) groups is 2. The Bertz CT molecular complexity index is 763. The highest BCUT2D eigenvalue weighted by Gasteiger charge is 2.17. The third-order valence-electron chi connectivity index (χ3n) is 3.87. The van der Waals surface area contributed by atoms with Crippen molar-refractivity contribution < 1.29 is 9.59 Å². The fourth-order valence-electron chi connectivity index (χ4n) is 2.53. The Morgan fingerprint density at radius 1 is 1.08 bits per heavy atom. The highest BCUT2D eigenvalue weighted by Crippen LogP contribution is 2.19. The van der Waals surface area contributed by atoms with Gasteiger partial charge in [-0.2, -0.15) is 0 Å². The molecule has 0 saturated carbocycles. The molecule has 0 saturated heterocycles. The molecular formula is C20H23ClN2O2S. The highest BCUT2D eigenvalue weighted by atomic mass is 35.5. The maximum absolute atomic E-state index is 12.6. The first-order valence-electron chi connectivity index (χ1n) is 8.55. The van der Waals surface area contributed by atoms with Gasteiger partial charge in [-0.25, -0.2) is 0 Å². The van der Waals surface area contributed by atoms with Gasteiger partial charge in [0.2, 0.25) is 5.91 Å². The molecule has 0 spiro atoms. The lowest BCUT2D eigenvalue weighted by molar-refractivity contribution is -0.113. The van der Waals surface area contributed by atoms with E-state index in [1.807, 2.05) is 44.2 Å². The molecule has 0 aromatic heterocycles. The minimum Gasteiger partial charge on any atom is -0.339 e. The summed E-state index contributed by atoms with van der Waals surface area (Å²) in [6.07, 6.45) is 0. The molecule has 0 aliphatic rings. The summed E-state index contributed by atoms with van der Waals surface area (Å²) in [4.78, 5) is 26.6. The van der Waals surface area contributed by atoms with Crippen LogP contribution in [0.5, 0.6) is 0 Å². The number of amides is 2. The van der Waals surface area contributed by atoms with Crippen LogP contribution < -0.4 is 5.32 Å². The van der Waals surface area contributed by atoms with Crippen LogP contribution in [0.4, 0.5) is 5.69 Å². The number of halogens is 1. The topological polar surface area (TPSA) is 49.4 Å². The molecule has 2 rings (SSSR count). The number of para-hydroxylation sites is 1. The summed E-state index contributed by atoms with van der Waals surface area (Å²) in [5.41, 5.74) is 2.15. The van der Waals surface area contributed by atoms with Crippen LogP contribution in [0.3, 0.4) is 0 Å². The fraction of sp³-hybridized carbons (Fsp3) is 0.300. The second-order valence-corrected chi connectivity index (χ2v) is 7.12. The van der Waals surface area contributed by atoms with Crippen LogP contribution in [0.15, 0.2) is 48.5 Å². The Kier molecular flexibility index (Phi) is 8.01. The average Bonchev–Trinajstić information content (AvgIpc) is 2.63. The van der Waals surface area contributed by atoms with Gasteiger partial charge in [0.25, 0.3) is 5.91 Å². The number of anilines is 1. The van der Waals surface area contributed by atoms with Gasteiger partial charge in [0.15, 0.2) is 0 Å². The molecule has 0 fully saturated rings. The lowest BCUT2D eigenvalue weighted by Crippen LogP contribution is -2.31. The molecule has 6 heteroatoms. The van der Waals surface area contributed by atoms with Crippen molar-refractivity contribution in [2.45, 2.75) is 19.6 Å². The SMILES string of the molecule is CCN(CC)C(=O)c1ccccc1NC(=O)CSCc1cccc(Cl)c1. The molecule has 1 N–H and O–H groups in total. The van der Waals surface area contributed by atoms with Crippen LogP contribution in [0.2, 0.25) is 5.02 Å². The van der Waals surface area contributed by atoms with E-state index in [2.05, 4.69) is 5.32 Å². The monoisotopic (exact) mass is 390 g/mol. The first-order valence-corrected chi connectivity index (χ1v) is 10.1. The molecule has 0 aliphatic heterocycles. The Balaban J connectivity index is 1.95. The van der Waals surface area contributed by atoms with Gasteiger partial charge in [-0.1, -0.05) is 35.9 Å². The number of carbonyl (C=O) groups excluding carboxylic acids is 2. The van der Waals surface area contributed by atoms with Crippen LogP contribution in [-0.2, 0) is 10.5 Å². The van der Waals surface area contributed by atoms with Crippen molar-refractivity contribution in [2.24, 2.45) is 0 Å². The fourth-order valence-corrected chi connectivity index (χ4v) is 3.52. The lowest BCUT2D eigenvalue weighted by atomic mass is 10.1. The smallest absolute Gasteiger partial charge is 0.255 e. The first-order chi connectivity index (χ1) is 12.5. The minimum atomic E-state index is -0.128. The molecule has 0 radical (unpaired) electrons. The van der Waals surface area contributed by atoms with E-state index < -0.39 is 0 Å². The molecule has 26 heavy (non-hydrogen) atoms. The minimum absolute atomic E-state index is 0.0718. The van der Waals surface area contributed by atoms with E-state index in [9.17, 15) is 9.59 Å². The normalized spacial score (nSPS) is 10.4. The first kappa shape index (κ1) is 20.3. The van der Waals surface area contributed by atoms with Crippen molar-refractivity contribution in [3.8, 4) is 0 Å². The number of hydrogen-bond acceptors (Lipinski definition) is 3. The number of hydrogen-bond donors (Lipinski definition) is 1. The van der Waals surface area contributed by atoms with Crippen molar-refractivity contribution in [1.29, 1.82) is 0 Å². The molecule has 0 unspecified atom stereocenters. The summed E-state index contributed by atoms with van der Waals surface area (Å²) in [5, 5.41) is 3.55. The van der Waals surface area contributed by atoms with Gasteiger partial charge in [0, 0.05) is 23.9 Å². The molecule has 2 amide bonds. The number of benzene rings is 2. The third kappa shape index (κ3) is 5.78. The number of nitrogens with zero attached hydrogens (tertiary/aromatic N) is 1. The van der Waals surface area contributed by atoms with Crippen LogP contribution in [0, 0.1) is 0 Å². The van der Waals surface area contributed by atoms with E-state index in [4.69, 9.17) is 11.6 Å². The standard InChI is InChI=1S/C20H23ClN2O2S/c1-3-23(4-2)20(25)17-10-5-6-11-18(17)22-19(24)14-26-13-15-8-7-9-16(21)12-15/h5-12H,3-4,13-14H2,1-2H3,(H,22,24). The van der Waals surface area contributed by atoms with Crippen molar-refractivity contribution in [2.75, 3.05) is 24.2 Å². The zero-order chi connectivity index (χ0) is 18.9. The van der Waals surface area contributed by atoms with Gasteiger partial charge in [-0.3, -0.25) is 9.59 Å². The zero-order valence-corrected chi connectivity index (χ0v) is 16.6. The Morgan fingerprint density at radius 3 is 2.50 bits per heavy atom. The third-order valence-corrected chi connectivity index (χ3v) is 5.11. The highest BCUT2D eigenvalue weighted by molar-refractivity contribution is 7.99. The van der Waals surface area contributed by atoms with Gasteiger partial charge in [0.1, 0.15) is 0 Å². The number of rotatable bonds is 8. The largest absolute Gasteiger partial charge is 0.339 e. The van der Waals surface area contributed by atoms with Crippen molar-refractivity contribution in [1.82, 2.24) is 4.90 Å². The summed E-state index contributed by atoms with van der Waals surface area (Å²) in [6, 6.07) is 14.7. The quantitative estimate of drug-likeness (QED) is 0.711. The Hall–Kier alpha value is -1.98. The molecule has 0 bridgehead atoms. The van der Waals surface area contributed by atoms with E-state index in [-0.39, 0.29) is 11.8 Å².